The zero-order valence-electron chi connectivity index (χ0n) is 28.6. The van der Waals surface area contributed by atoms with Crippen molar-refractivity contribution in [1.82, 2.24) is 9.97 Å². The number of ether oxygens (including phenoxy) is 2. The molecule has 0 aliphatic carbocycles. The minimum absolute atomic E-state index is 0.0133. The van der Waals surface area contributed by atoms with Crippen LogP contribution >= 0.6 is 79.8 Å². The molecule has 300 valence electrons. The number of pyridine rings is 2. The fourth-order valence-electron chi connectivity index (χ4n) is 4.44. The molecule has 0 unspecified atom stereocenters. The average Bonchev–Trinajstić information content (AvgIpc) is 3.80. The van der Waals surface area contributed by atoms with Gasteiger partial charge in [0.05, 0.1) is 44.3 Å². The van der Waals surface area contributed by atoms with Crippen molar-refractivity contribution < 1.29 is 44.7 Å². The van der Waals surface area contributed by atoms with E-state index in [1.54, 1.807) is 0 Å². The van der Waals surface area contributed by atoms with E-state index in [2.05, 4.69) is 14.7 Å². The molecule has 0 aliphatic rings. The van der Waals surface area contributed by atoms with E-state index in [-0.39, 0.29) is 63.2 Å². The molecule has 0 fully saturated rings. The molecule has 3 N–H and O–H groups in total. The van der Waals surface area contributed by atoms with Gasteiger partial charge in [-0.1, -0.05) is 58.5 Å². The zero-order valence-corrected chi connectivity index (χ0v) is 35.6. The third kappa shape index (κ3) is 11.7. The lowest BCUT2D eigenvalue weighted by Crippen LogP contribution is -2.17. The smallest absolute Gasteiger partial charge is 0.271 e. The Labute approximate surface area is 356 Å². The number of aromatic nitrogens is 2. The number of thiophene rings is 2. The highest BCUT2D eigenvalue weighted by atomic mass is 35.7. The van der Waals surface area contributed by atoms with Gasteiger partial charge in [-0.25, -0.2) is 35.6 Å². The molecule has 2 aromatic carbocycles. The van der Waals surface area contributed by atoms with Crippen molar-refractivity contribution >= 4 is 122 Å². The summed E-state index contributed by atoms with van der Waals surface area (Å²) in [6.45, 7) is 0. The van der Waals surface area contributed by atoms with Gasteiger partial charge in [0, 0.05) is 23.1 Å². The van der Waals surface area contributed by atoms with E-state index in [0.717, 1.165) is 34.9 Å². The van der Waals surface area contributed by atoms with Crippen molar-refractivity contribution in [3.05, 3.63) is 138 Å². The Morgan fingerprint density at radius 2 is 1.16 bits per heavy atom. The Balaban J connectivity index is 0.000000213. The molecule has 4 heterocycles. The summed E-state index contributed by atoms with van der Waals surface area (Å²) < 4.78 is 87.4. The van der Waals surface area contributed by atoms with Crippen LogP contribution in [0.3, 0.4) is 0 Å². The lowest BCUT2D eigenvalue weighted by Gasteiger charge is -2.13. The lowest BCUT2D eigenvalue weighted by molar-refractivity contribution is 0.102. The second kappa shape index (κ2) is 19.6. The van der Waals surface area contributed by atoms with Gasteiger partial charge >= 0.3 is 0 Å². The van der Waals surface area contributed by atoms with Gasteiger partial charge in [0.2, 0.25) is 11.6 Å². The molecular weight excluding hydrogens is 936 g/mol. The number of hydrogen-bond donors (Lipinski definition) is 2. The van der Waals surface area contributed by atoms with Crippen LogP contribution in [-0.4, -0.2) is 52.6 Å². The van der Waals surface area contributed by atoms with E-state index < -0.39 is 42.3 Å². The molecule has 6 rings (SSSR count). The zero-order chi connectivity index (χ0) is 42.2. The van der Waals surface area contributed by atoms with Gasteiger partial charge in [-0.3, -0.25) is 14.3 Å². The van der Waals surface area contributed by atoms with Crippen molar-refractivity contribution in [2.45, 2.75) is 8.42 Å². The molecule has 0 bridgehead atoms. The number of carbonyl (C=O) groups excluding carboxylic acids is 2. The summed E-state index contributed by atoms with van der Waals surface area (Å²) in [7, 11) is -0.0108. The first-order valence-corrected chi connectivity index (χ1v) is 22.0. The molecule has 0 saturated heterocycles. The maximum Gasteiger partial charge on any atom is 0.271 e. The highest BCUT2D eigenvalue weighted by Gasteiger charge is 2.27. The number of halogens is 7. The molecule has 0 spiro atoms. The fraction of sp³-hybridized carbons (Fsp3) is 0.0588. The number of benzene rings is 2. The summed E-state index contributed by atoms with van der Waals surface area (Å²) in [5, 5.41) is 0.383. The SMILES string of the molecule is COc1cccc(F)c1C(=O)c1ncc(Cl)cc1N.COc1cccc(F)c1C(=O)c1ncc(Cl)cc1NS(=O)(=O)c1ccc(Cl)s1.O=S(=O)(Cl)c1ccc(Cl)s1. The maximum atomic E-state index is 14.3. The number of sulfonamides is 1. The number of carbonyl (C=O) groups is 2. The Kier molecular flexibility index (Phi) is 15.6. The number of ketones is 2. The first-order valence-electron chi connectivity index (χ1n) is 15.1. The van der Waals surface area contributed by atoms with Gasteiger partial charge < -0.3 is 15.2 Å². The first kappa shape index (κ1) is 45.6. The lowest BCUT2D eigenvalue weighted by atomic mass is 10.0. The predicted molar refractivity (Wildman–Crippen MR) is 218 cm³/mol. The summed E-state index contributed by atoms with van der Waals surface area (Å²) in [6.07, 6.45) is 2.43. The van der Waals surface area contributed by atoms with Crippen LogP contribution in [-0.2, 0) is 19.1 Å². The van der Waals surface area contributed by atoms with E-state index in [1.807, 2.05) is 0 Å². The quantitative estimate of drug-likeness (QED) is 0.0984. The molecular formula is C34H23Cl5F2N4O8S4. The average molecular weight is 959 g/mol. The van der Waals surface area contributed by atoms with Gasteiger partial charge in [-0.15, -0.1) is 22.7 Å². The largest absolute Gasteiger partial charge is 0.496 e. The van der Waals surface area contributed by atoms with Gasteiger partial charge in [0.15, 0.2) is 0 Å². The van der Waals surface area contributed by atoms with Crippen LogP contribution in [0, 0.1) is 11.6 Å². The van der Waals surface area contributed by atoms with E-state index in [0.29, 0.717) is 9.36 Å². The number of nitrogens with zero attached hydrogens (tertiary/aromatic N) is 2. The monoisotopic (exact) mass is 956 g/mol. The highest BCUT2D eigenvalue weighted by molar-refractivity contribution is 8.15. The molecule has 0 aliphatic heterocycles. The molecule has 23 heteroatoms. The number of rotatable bonds is 10. The Bertz CT molecular complexity index is 2680. The Hall–Kier alpha value is -4.11. The Morgan fingerprint density at radius 1 is 0.702 bits per heavy atom. The van der Waals surface area contributed by atoms with Crippen LogP contribution in [0.1, 0.15) is 32.1 Å². The van der Waals surface area contributed by atoms with E-state index >= 15 is 0 Å². The molecule has 0 atom stereocenters. The van der Waals surface area contributed by atoms with Crippen LogP contribution in [0.2, 0.25) is 18.7 Å². The number of nitrogen functional groups attached to an aromatic ring is 1. The first-order chi connectivity index (χ1) is 26.8. The minimum Gasteiger partial charge on any atom is -0.496 e. The van der Waals surface area contributed by atoms with Gasteiger partial charge in [0.25, 0.3) is 19.1 Å². The molecule has 57 heavy (non-hydrogen) atoms. The second-order valence-corrected chi connectivity index (χ2v) is 19.6. The maximum absolute atomic E-state index is 14.3. The van der Waals surface area contributed by atoms with E-state index in [9.17, 15) is 35.2 Å². The third-order valence-corrected chi connectivity index (χ3v) is 13.7. The van der Waals surface area contributed by atoms with Crippen LogP contribution in [0.4, 0.5) is 20.2 Å². The number of nitrogens with one attached hydrogen (secondary N) is 1. The second-order valence-electron chi connectivity index (χ2n) is 10.6. The van der Waals surface area contributed by atoms with Crippen LogP contribution in [0.25, 0.3) is 0 Å². The molecule has 12 nitrogen and oxygen atoms in total. The predicted octanol–water partition coefficient (Wildman–Crippen LogP) is 9.65. The third-order valence-electron chi connectivity index (χ3n) is 6.86. The molecule has 4 aromatic heterocycles. The molecule has 0 saturated carbocycles. The van der Waals surface area contributed by atoms with E-state index in [1.165, 1.54) is 87.1 Å². The topological polar surface area (TPSA) is 185 Å². The number of anilines is 2. The van der Waals surface area contributed by atoms with Gasteiger partial charge in [-0.05, 0) is 60.7 Å². The van der Waals surface area contributed by atoms with Gasteiger partial charge in [-0.2, -0.15) is 0 Å². The van der Waals surface area contributed by atoms with Crippen molar-refractivity contribution in [1.29, 1.82) is 0 Å². The van der Waals surface area contributed by atoms with Crippen molar-refractivity contribution in [3.8, 4) is 11.5 Å². The summed E-state index contributed by atoms with van der Waals surface area (Å²) >= 11 is 24.6. The van der Waals surface area contributed by atoms with E-state index in [4.69, 9.17) is 72.3 Å². The van der Waals surface area contributed by atoms with Crippen molar-refractivity contribution in [2.24, 2.45) is 0 Å². The summed E-state index contributed by atoms with van der Waals surface area (Å²) in [4.78, 5) is 32.9. The van der Waals surface area contributed by atoms with Crippen LogP contribution < -0.4 is 19.9 Å². The summed E-state index contributed by atoms with van der Waals surface area (Å²) in [5.74, 6) is -2.93. The number of nitrogens with two attached hydrogens (primary N) is 1. The van der Waals surface area contributed by atoms with Crippen molar-refractivity contribution in [3.63, 3.8) is 0 Å². The normalized spacial score (nSPS) is 11.0. The van der Waals surface area contributed by atoms with Crippen molar-refractivity contribution in [2.75, 3.05) is 24.7 Å². The minimum atomic E-state index is -4.07. The summed E-state index contributed by atoms with van der Waals surface area (Å²) in [6, 6.07) is 16.2. The molecule has 0 amide bonds. The summed E-state index contributed by atoms with van der Waals surface area (Å²) in [5.41, 5.74) is 4.58. The Morgan fingerprint density at radius 3 is 1.58 bits per heavy atom. The standard InChI is InChI=1S/C17H11Cl2FN2O4S2.C13H10ClFN2O2.C4H2Cl2O2S2/c1-26-12-4-2-3-10(20)15(12)17(23)16-11(7-9(18)8-21-16)22-28(24,25)14-6-5-13(19)27-14;1-19-10-4-2-3-8(15)11(10)13(18)12-9(16)5-7(14)6-17-12;5-3-1-2-4(9-3)10(6,7)8/h2-8,22H,1H3;2-6H,16H2,1H3;1-2H. The van der Waals surface area contributed by atoms with Gasteiger partial charge in [0.1, 0.15) is 54.1 Å². The number of hydrogen-bond acceptors (Lipinski definition) is 13. The van der Waals surface area contributed by atoms with Crippen LogP contribution in [0.15, 0.2) is 93.6 Å². The van der Waals surface area contributed by atoms with Crippen LogP contribution in [0.5, 0.6) is 11.5 Å². The fourth-order valence-corrected chi connectivity index (χ4v) is 9.55. The highest BCUT2D eigenvalue weighted by Crippen LogP contribution is 2.32. The molecule has 6 aromatic rings. The molecule has 0 radical (unpaired) electrons. The number of methoxy groups -OCH3 is 2.